The van der Waals surface area contributed by atoms with Crippen LogP contribution in [-0.4, -0.2) is 16.0 Å². The Hall–Kier alpha value is -0.830. The van der Waals surface area contributed by atoms with Crippen molar-refractivity contribution in [3.8, 4) is 0 Å². The molecule has 0 radical (unpaired) electrons. The van der Waals surface area contributed by atoms with E-state index in [-0.39, 0.29) is 0 Å². The van der Waals surface area contributed by atoms with E-state index in [1.54, 1.807) is 0 Å². The number of halogens is 1. The molecule has 0 saturated heterocycles. The van der Waals surface area contributed by atoms with E-state index in [1.165, 1.54) is 25.6 Å². The maximum atomic E-state index is 6.14. The summed E-state index contributed by atoms with van der Waals surface area (Å²) in [5, 5.41) is 4.07. The molecule has 1 unspecified atom stereocenters. The average molecular weight is 254 g/mol. The van der Waals surface area contributed by atoms with E-state index in [0.717, 1.165) is 17.3 Å². The second-order valence-corrected chi connectivity index (χ2v) is 5.56. The Bertz CT molecular complexity index is 388. The summed E-state index contributed by atoms with van der Waals surface area (Å²) in [6, 6.07) is 0.465. The molecule has 1 atom stereocenters. The molecule has 1 aromatic rings. The molecule has 0 bridgehead atoms. The van der Waals surface area contributed by atoms with Crippen molar-refractivity contribution in [1.29, 1.82) is 0 Å². The number of aromatic nitrogens is 2. The van der Waals surface area contributed by atoms with E-state index < -0.39 is 0 Å². The Morgan fingerprint density at radius 3 is 2.53 bits per heavy atom. The van der Waals surface area contributed by atoms with E-state index in [2.05, 4.69) is 36.1 Å². The van der Waals surface area contributed by atoms with Crippen LogP contribution in [0, 0.1) is 5.92 Å². The lowest BCUT2D eigenvalue weighted by Gasteiger charge is -2.32. The fourth-order valence-electron chi connectivity index (χ4n) is 2.27. The summed E-state index contributed by atoms with van der Waals surface area (Å²) < 4.78 is 0. The Morgan fingerprint density at radius 1 is 1.29 bits per heavy atom. The molecule has 94 valence electrons. The topological polar surface area (TPSA) is 37.8 Å². The van der Waals surface area contributed by atoms with E-state index in [1.807, 2.05) is 0 Å². The van der Waals surface area contributed by atoms with Crippen molar-refractivity contribution in [3.63, 3.8) is 0 Å². The van der Waals surface area contributed by atoms with Crippen LogP contribution in [0.2, 0.25) is 5.15 Å². The van der Waals surface area contributed by atoms with Gasteiger partial charge >= 0.3 is 0 Å². The van der Waals surface area contributed by atoms with Gasteiger partial charge in [-0.2, -0.15) is 0 Å². The first-order chi connectivity index (χ1) is 8.09. The van der Waals surface area contributed by atoms with Gasteiger partial charge in [0.15, 0.2) is 0 Å². The third kappa shape index (κ3) is 2.71. The van der Waals surface area contributed by atoms with E-state index >= 15 is 0 Å². The van der Waals surface area contributed by atoms with Gasteiger partial charge in [-0.15, -0.1) is 0 Å². The molecule has 2 rings (SSSR count). The number of anilines is 1. The maximum Gasteiger partial charge on any atom is 0.138 e. The van der Waals surface area contributed by atoms with Gasteiger partial charge in [-0.1, -0.05) is 31.9 Å². The molecule has 0 spiro atoms. The molecule has 3 nitrogen and oxygen atoms in total. The van der Waals surface area contributed by atoms with Gasteiger partial charge in [0.05, 0.1) is 0 Å². The lowest BCUT2D eigenvalue weighted by Crippen LogP contribution is -2.31. The Kier molecular flexibility index (Phi) is 3.87. The average Bonchev–Trinajstić information content (AvgIpc) is 2.13. The van der Waals surface area contributed by atoms with Gasteiger partial charge in [-0.25, -0.2) is 9.97 Å². The molecule has 1 aliphatic rings. The molecule has 1 aliphatic carbocycles. The van der Waals surface area contributed by atoms with Crippen LogP contribution in [0.15, 0.2) is 6.33 Å². The lowest BCUT2D eigenvalue weighted by molar-refractivity contribution is 0.284. The van der Waals surface area contributed by atoms with Crippen molar-refractivity contribution >= 4 is 17.4 Å². The number of hydrogen-bond donors (Lipinski definition) is 1. The summed E-state index contributed by atoms with van der Waals surface area (Å²) in [7, 11) is 0. The molecule has 1 saturated carbocycles. The summed E-state index contributed by atoms with van der Waals surface area (Å²) in [5.74, 6) is 2.02. The highest BCUT2D eigenvalue weighted by molar-refractivity contribution is 6.30. The zero-order chi connectivity index (χ0) is 12.4. The van der Waals surface area contributed by atoms with E-state index in [0.29, 0.717) is 17.1 Å². The minimum Gasteiger partial charge on any atom is -0.367 e. The summed E-state index contributed by atoms with van der Waals surface area (Å²) in [5.41, 5.74) is 1.03. The van der Waals surface area contributed by atoms with Gasteiger partial charge in [0.1, 0.15) is 17.3 Å². The quantitative estimate of drug-likeness (QED) is 0.829. The smallest absolute Gasteiger partial charge is 0.138 e. The third-order valence-corrected chi connectivity index (χ3v) is 3.94. The van der Waals surface area contributed by atoms with Gasteiger partial charge in [0.25, 0.3) is 0 Å². The van der Waals surface area contributed by atoms with Crippen molar-refractivity contribution in [2.45, 2.75) is 52.0 Å². The number of nitrogens with zero attached hydrogens (tertiary/aromatic N) is 2. The minimum atomic E-state index is 0.333. The molecule has 1 heterocycles. The van der Waals surface area contributed by atoms with Gasteiger partial charge < -0.3 is 5.32 Å². The lowest BCUT2D eigenvalue weighted by atomic mass is 9.80. The first-order valence-corrected chi connectivity index (χ1v) is 6.74. The molecule has 4 heteroatoms. The zero-order valence-corrected chi connectivity index (χ0v) is 11.5. The monoisotopic (exact) mass is 253 g/mol. The fraction of sp³-hybridized carbons (Fsp3) is 0.692. The molecule has 0 aromatic carbocycles. The molecule has 0 aliphatic heterocycles. The molecular formula is C13H20ClN3. The Labute approximate surface area is 108 Å². The second-order valence-electron chi connectivity index (χ2n) is 5.21. The van der Waals surface area contributed by atoms with Gasteiger partial charge in [0.2, 0.25) is 0 Å². The van der Waals surface area contributed by atoms with Gasteiger partial charge in [-0.05, 0) is 31.6 Å². The van der Waals surface area contributed by atoms with Crippen LogP contribution in [0.3, 0.4) is 0 Å². The highest BCUT2D eigenvalue weighted by atomic mass is 35.5. The van der Waals surface area contributed by atoms with Crippen LogP contribution in [0.5, 0.6) is 0 Å². The van der Waals surface area contributed by atoms with Crippen LogP contribution in [0.1, 0.15) is 51.5 Å². The fourth-order valence-corrected chi connectivity index (χ4v) is 2.63. The van der Waals surface area contributed by atoms with Crippen LogP contribution in [-0.2, 0) is 0 Å². The van der Waals surface area contributed by atoms with Crippen LogP contribution in [0.25, 0.3) is 0 Å². The second kappa shape index (κ2) is 5.21. The van der Waals surface area contributed by atoms with Crippen molar-refractivity contribution < 1.29 is 0 Å². The molecule has 0 amide bonds. The number of nitrogens with one attached hydrogen (secondary N) is 1. The highest BCUT2D eigenvalue weighted by Crippen LogP contribution is 2.33. The van der Waals surface area contributed by atoms with Crippen molar-refractivity contribution in [3.05, 3.63) is 17.0 Å². The SMILES string of the molecule is CC(C)c1c(Cl)ncnc1NC(C)C1CCC1. The predicted molar refractivity (Wildman–Crippen MR) is 71.6 cm³/mol. The zero-order valence-electron chi connectivity index (χ0n) is 10.7. The van der Waals surface area contributed by atoms with E-state index in [4.69, 9.17) is 11.6 Å². The molecular weight excluding hydrogens is 234 g/mol. The van der Waals surface area contributed by atoms with Gasteiger partial charge in [-0.3, -0.25) is 0 Å². The largest absolute Gasteiger partial charge is 0.367 e. The van der Waals surface area contributed by atoms with Crippen molar-refractivity contribution in [1.82, 2.24) is 9.97 Å². The third-order valence-electron chi connectivity index (χ3n) is 3.63. The number of rotatable bonds is 4. The summed E-state index contributed by atoms with van der Waals surface area (Å²) in [4.78, 5) is 8.40. The molecule has 1 aromatic heterocycles. The van der Waals surface area contributed by atoms with Crippen molar-refractivity contribution in [2.75, 3.05) is 5.32 Å². The number of hydrogen-bond acceptors (Lipinski definition) is 3. The first-order valence-electron chi connectivity index (χ1n) is 6.36. The maximum absolute atomic E-state index is 6.14. The summed E-state index contributed by atoms with van der Waals surface area (Å²) in [6.07, 6.45) is 5.54. The Balaban J connectivity index is 2.16. The summed E-state index contributed by atoms with van der Waals surface area (Å²) >= 11 is 6.14. The normalized spacial score (nSPS) is 17.9. The molecule has 1 fully saturated rings. The standard InChI is InChI=1S/C13H20ClN3/c1-8(2)11-12(14)15-7-16-13(11)17-9(3)10-5-4-6-10/h7-10H,4-6H2,1-3H3,(H,15,16,17). The summed E-state index contributed by atoms with van der Waals surface area (Å²) in [6.45, 7) is 6.46. The Morgan fingerprint density at radius 2 is 2.00 bits per heavy atom. The first kappa shape index (κ1) is 12.6. The highest BCUT2D eigenvalue weighted by Gasteiger charge is 2.25. The van der Waals surface area contributed by atoms with Gasteiger partial charge in [0, 0.05) is 11.6 Å². The van der Waals surface area contributed by atoms with Crippen LogP contribution in [0.4, 0.5) is 5.82 Å². The van der Waals surface area contributed by atoms with Crippen LogP contribution < -0.4 is 5.32 Å². The van der Waals surface area contributed by atoms with E-state index in [9.17, 15) is 0 Å². The van der Waals surface area contributed by atoms with Crippen LogP contribution >= 0.6 is 11.6 Å². The van der Waals surface area contributed by atoms with Crippen molar-refractivity contribution in [2.24, 2.45) is 5.92 Å². The molecule has 1 N–H and O–H groups in total. The predicted octanol–water partition coefficient (Wildman–Crippen LogP) is 3.85. The molecule has 17 heavy (non-hydrogen) atoms. The minimum absolute atomic E-state index is 0.333.